The Morgan fingerprint density at radius 2 is 2.19 bits per heavy atom. The molecular formula is C12H15BrN4O3S. The Kier molecular flexibility index (Phi) is 4.77. The van der Waals surface area contributed by atoms with Crippen LogP contribution < -0.4 is 4.72 Å². The molecule has 2 rings (SSSR count). The first-order valence-corrected chi connectivity index (χ1v) is 8.38. The van der Waals surface area contributed by atoms with Crippen LogP contribution in [0, 0.1) is 0 Å². The second kappa shape index (κ2) is 6.22. The number of nitrogens with zero attached hydrogens (tertiary/aromatic N) is 3. The number of halogens is 1. The van der Waals surface area contributed by atoms with Gasteiger partial charge in [-0.05, 0) is 40.5 Å². The first kappa shape index (κ1) is 16.1. The van der Waals surface area contributed by atoms with E-state index in [4.69, 9.17) is 5.11 Å². The number of nitrogens with one attached hydrogen (secondary N) is 1. The SMILES string of the molecule is CC(NS(=O)(=O)c1cc(CO)ccc1Br)c1nncn1C. The lowest BCUT2D eigenvalue weighted by molar-refractivity contribution is 0.281. The van der Waals surface area contributed by atoms with Crippen molar-refractivity contribution in [3.63, 3.8) is 0 Å². The van der Waals surface area contributed by atoms with E-state index in [9.17, 15) is 8.42 Å². The van der Waals surface area contributed by atoms with Gasteiger partial charge in [-0.25, -0.2) is 13.1 Å². The van der Waals surface area contributed by atoms with Crippen molar-refractivity contribution >= 4 is 26.0 Å². The van der Waals surface area contributed by atoms with E-state index in [2.05, 4.69) is 30.8 Å². The zero-order valence-electron chi connectivity index (χ0n) is 11.5. The van der Waals surface area contributed by atoms with E-state index in [1.807, 2.05) is 0 Å². The molecule has 9 heteroatoms. The Balaban J connectivity index is 2.33. The zero-order valence-corrected chi connectivity index (χ0v) is 13.9. The van der Waals surface area contributed by atoms with Crippen LogP contribution in [0.25, 0.3) is 0 Å². The number of aliphatic hydroxyl groups excluding tert-OH is 1. The molecule has 1 atom stereocenters. The van der Waals surface area contributed by atoms with Gasteiger partial charge >= 0.3 is 0 Å². The van der Waals surface area contributed by atoms with E-state index < -0.39 is 16.1 Å². The minimum Gasteiger partial charge on any atom is -0.392 e. The van der Waals surface area contributed by atoms with Crippen LogP contribution in [0.4, 0.5) is 0 Å². The number of hydrogen-bond acceptors (Lipinski definition) is 5. The largest absolute Gasteiger partial charge is 0.392 e. The molecule has 2 aromatic rings. The molecule has 0 radical (unpaired) electrons. The summed E-state index contributed by atoms with van der Waals surface area (Å²) in [6, 6.07) is 4.13. The average molecular weight is 375 g/mol. The van der Waals surface area contributed by atoms with Crippen molar-refractivity contribution in [1.82, 2.24) is 19.5 Å². The second-order valence-corrected chi connectivity index (χ2v) is 7.10. The Hall–Kier alpha value is -1.29. The molecule has 0 saturated carbocycles. The monoisotopic (exact) mass is 374 g/mol. The highest BCUT2D eigenvalue weighted by Gasteiger charge is 2.23. The smallest absolute Gasteiger partial charge is 0.242 e. The fourth-order valence-corrected chi connectivity index (χ4v) is 4.10. The zero-order chi connectivity index (χ0) is 15.6. The van der Waals surface area contributed by atoms with Crippen LogP contribution in [0.3, 0.4) is 0 Å². The van der Waals surface area contributed by atoms with Gasteiger partial charge in [-0.3, -0.25) is 0 Å². The van der Waals surface area contributed by atoms with Crippen molar-refractivity contribution in [3.05, 3.63) is 40.4 Å². The molecule has 1 aromatic heterocycles. The molecule has 2 N–H and O–H groups in total. The van der Waals surface area contributed by atoms with Crippen LogP contribution in [-0.2, 0) is 23.7 Å². The second-order valence-electron chi connectivity index (χ2n) is 4.57. The van der Waals surface area contributed by atoms with Crippen molar-refractivity contribution in [3.8, 4) is 0 Å². The van der Waals surface area contributed by atoms with Gasteiger partial charge in [-0.15, -0.1) is 10.2 Å². The molecule has 1 unspecified atom stereocenters. The van der Waals surface area contributed by atoms with Crippen LogP contribution in [0.1, 0.15) is 24.4 Å². The topological polar surface area (TPSA) is 97.1 Å². The molecule has 0 fully saturated rings. The molecule has 0 bridgehead atoms. The minimum atomic E-state index is -3.75. The van der Waals surface area contributed by atoms with Gasteiger partial charge < -0.3 is 9.67 Å². The summed E-state index contributed by atoms with van der Waals surface area (Å²) >= 11 is 3.21. The minimum absolute atomic E-state index is 0.0723. The van der Waals surface area contributed by atoms with Crippen LogP contribution in [0.2, 0.25) is 0 Å². The quantitative estimate of drug-likeness (QED) is 0.816. The lowest BCUT2D eigenvalue weighted by atomic mass is 10.2. The van der Waals surface area contributed by atoms with Crippen molar-refractivity contribution in [1.29, 1.82) is 0 Å². The third-order valence-electron chi connectivity index (χ3n) is 2.93. The van der Waals surface area contributed by atoms with Gasteiger partial charge in [0, 0.05) is 11.5 Å². The first-order valence-electron chi connectivity index (χ1n) is 6.10. The molecule has 21 heavy (non-hydrogen) atoms. The standard InChI is InChI=1S/C12H15BrN4O3S/c1-8(12-15-14-7-17(12)2)16-21(19,20)11-5-9(6-18)3-4-10(11)13/h3-5,7-8,16,18H,6H2,1-2H3. The molecule has 0 aliphatic carbocycles. The lowest BCUT2D eigenvalue weighted by Crippen LogP contribution is -2.29. The predicted molar refractivity (Wildman–Crippen MR) is 79.8 cm³/mol. The highest BCUT2D eigenvalue weighted by atomic mass is 79.9. The maximum Gasteiger partial charge on any atom is 0.242 e. The van der Waals surface area contributed by atoms with Crippen molar-refractivity contribution in [2.75, 3.05) is 0 Å². The highest BCUT2D eigenvalue weighted by Crippen LogP contribution is 2.24. The summed E-state index contributed by atoms with van der Waals surface area (Å²) in [6.45, 7) is 1.46. The van der Waals surface area contributed by atoms with Crippen molar-refractivity contribution < 1.29 is 13.5 Å². The number of aryl methyl sites for hydroxylation is 1. The van der Waals surface area contributed by atoms with E-state index in [-0.39, 0.29) is 11.5 Å². The molecular weight excluding hydrogens is 360 g/mol. The van der Waals surface area contributed by atoms with Crippen molar-refractivity contribution in [2.45, 2.75) is 24.5 Å². The van der Waals surface area contributed by atoms with Crippen LogP contribution >= 0.6 is 15.9 Å². The van der Waals surface area contributed by atoms with Gasteiger partial charge in [0.25, 0.3) is 0 Å². The summed E-state index contributed by atoms with van der Waals surface area (Å²) in [7, 11) is -2.02. The highest BCUT2D eigenvalue weighted by molar-refractivity contribution is 9.10. The third-order valence-corrected chi connectivity index (χ3v) is 5.47. The van der Waals surface area contributed by atoms with E-state index in [0.717, 1.165) is 0 Å². The summed E-state index contributed by atoms with van der Waals surface area (Å²) in [5.41, 5.74) is 0.518. The first-order chi connectivity index (χ1) is 9.85. The van der Waals surface area contributed by atoms with E-state index in [1.165, 1.54) is 12.4 Å². The van der Waals surface area contributed by atoms with Gasteiger partial charge in [0.05, 0.1) is 17.5 Å². The molecule has 0 saturated heterocycles. The third kappa shape index (κ3) is 3.49. The van der Waals surface area contributed by atoms with Gasteiger partial charge in [-0.2, -0.15) is 0 Å². The Bertz CT molecular complexity index is 745. The average Bonchev–Trinajstić information content (AvgIpc) is 2.85. The molecule has 1 aromatic carbocycles. The number of benzene rings is 1. The van der Waals surface area contributed by atoms with E-state index in [0.29, 0.717) is 15.9 Å². The number of sulfonamides is 1. The maximum absolute atomic E-state index is 12.5. The van der Waals surface area contributed by atoms with Crippen molar-refractivity contribution in [2.24, 2.45) is 7.05 Å². The number of aromatic nitrogens is 3. The Morgan fingerprint density at radius 3 is 2.76 bits per heavy atom. The van der Waals surface area contributed by atoms with Gasteiger partial charge in [-0.1, -0.05) is 6.07 Å². The molecule has 0 amide bonds. The molecule has 0 aliphatic heterocycles. The molecule has 1 heterocycles. The van der Waals surface area contributed by atoms with Crippen LogP contribution in [0.5, 0.6) is 0 Å². The van der Waals surface area contributed by atoms with E-state index >= 15 is 0 Å². The Labute approximate surface area is 131 Å². The summed E-state index contributed by atoms with van der Waals surface area (Å²) in [4.78, 5) is 0.0723. The summed E-state index contributed by atoms with van der Waals surface area (Å²) in [5.74, 6) is 0.507. The predicted octanol–water partition coefficient (Wildman–Crippen LogP) is 1.11. The van der Waals surface area contributed by atoms with Crippen LogP contribution in [-0.4, -0.2) is 28.3 Å². The van der Waals surface area contributed by atoms with Gasteiger partial charge in [0.1, 0.15) is 12.2 Å². The molecule has 7 nitrogen and oxygen atoms in total. The summed E-state index contributed by atoms with van der Waals surface area (Å²) in [6.07, 6.45) is 1.50. The molecule has 0 spiro atoms. The fraction of sp³-hybridized carbons (Fsp3) is 0.333. The lowest BCUT2D eigenvalue weighted by Gasteiger charge is -2.15. The normalized spacial score (nSPS) is 13.3. The van der Waals surface area contributed by atoms with Crippen LogP contribution in [0.15, 0.2) is 33.9 Å². The maximum atomic E-state index is 12.5. The summed E-state index contributed by atoms with van der Waals surface area (Å²) < 4.78 is 29.5. The van der Waals surface area contributed by atoms with Gasteiger partial charge in [0.15, 0.2) is 0 Å². The van der Waals surface area contributed by atoms with E-state index in [1.54, 1.807) is 30.7 Å². The number of hydrogen-bond donors (Lipinski definition) is 2. The molecule has 0 aliphatic rings. The Morgan fingerprint density at radius 1 is 1.48 bits per heavy atom. The fourth-order valence-electron chi connectivity index (χ4n) is 1.89. The molecule has 114 valence electrons. The summed E-state index contributed by atoms with van der Waals surface area (Å²) in [5, 5.41) is 16.7. The van der Waals surface area contributed by atoms with Gasteiger partial charge in [0.2, 0.25) is 10.0 Å². The number of aliphatic hydroxyl groups is 1. The number of rotatable bonds is 5.